The Morgan fingerprint density at radius 1 is 0.472 bits per heavy atom. The van der Waals surface area contributed by atoms with Crippen LogP contribution in [0.1, 0.15) is 44.5 Å². The van der Waals surface area contributed by atoms with Gasteiger partial charge in [0.25, 0.3) is 0 Å². The van der Waals surface area contributed by atoms with E-state index in [-0.39, 0.29) is 0 Å². The first-order valence-electron chi connectivity index (χ1n) is 17.7. The smallest absolute Gasteiger partial charge is 0.227 e. The molecule has 2 bridgehead atoms. The van der Waals surface area contributed by atoms with Crippen LogP contribution < -0.4 is 9.80 Å². The summed E-state index contributed by atoms with van der Waals surface area (Å²) in [7, 11) is 0. The van der Waals surface area contributed by atoms with Crippen molar-refractivity contribution in [3.8, 4) is 46.6 Å². The van der Waals surface area contributed by atoms with Gasteiger partial charge in [-0.3, -0.25) is 0 Å². The molecule has 0 N–H and O–H groups in total. The van der Waals surface area contributed by atoms with Crippen LogP contribution in [0.25, 0.3) is 45.1 Å². The van der Waals surface area contributed by atoms with Crippen molar-refractivity contribution in [3.05, 3.63) is 166 Å². The fourth-order valence-corrected chi connectivity index (χ4v) is 7.24. The monoisotopic (exact) mass is 684 g/mol. The zero-order chi connectivity index (χ0) is 35.5. The van der Waals surface area contributed by atoms with Gasteiger partial charge in [0.2, 0.25) is 11.8 Å². The fourth-order valence-electron chi connectivity index (χ4n) is 7.24. The Labute approximate surface area is 307 Å². The second-order valence-electron chi connectivity index (χ2n) is 13.9. The van der Waals surface area contributed by atoms with Gasteiger partial charge in [-0.2, -0.15) is 0 Å². The molecule has 10 rings (SSSR count). The van der Waals surface area contributed by atoms with Crippen molar-refractivity contribution in [2.75, 3.05) is 16.5 Å². The Hall–Kier alpha value is -7.02. The minimum absolute atomic E-state index is 0.621. The van der Waals surface area contributed by atoms with Gasteiger partial charge in [0.1, 0.15) is 11.0 Å². The molecule has 2 aromatic heterocycles. The molecule has 0 saturated carbocycles. The van der Waals surface area contributed by atoms with Gasteiger partial charge in [-0.1, -0.05) is 35.8 Å². The third kappa shape index (κ3) is 5.87. The zero-order valence-corrected chi connectivity index (χ0v) is 29.3. The first kappa shape index (κ1) is 30.8. The average molecular weight is 685 g/mol. The predicted octanol–water partition coefficient (Wildman–Crippen LogP) is 10.0. The molecule has 0 aliphatic carbocycles. The van der Waals surface area contributed by atoms with Gasteiger partial charge in [0.15, 0.2) is 11.2 Å². The van der Waals surface area contributed by atoms with Crippen molar-refractivity contribution in [2.24, 2.45) is 0 Å². The van der Waals surface area contributed by atoms with Crippen molar-refractivity contribution >= 4 is 33.6 Å². The van der Waals surface area contributed by atoms with Crippen LogP contribution in [0.3, 0.4) is 0 Å². The topological polar surface area (TPSA) is 58.5 Å². The Morgan fingerprint density at radius 2 is 0.887 bits per heavy atom. The number of rotatable bonds is 2. The van der Waals surface area contributed by atoms with Gasteiger partial charge in [-0.25, -0.2) is 9.97 Å². The van der Waals surface area contributed by atoms with Crippen molar-refractivity contribution in [1.82, 2.24) is 9.97 Å². The quantitative estimate of drug-likeness (QED) is 0.169. The molecule has 252 valence electrons. The molecule has 8 aromatic rings. The third-order valence-electron chi connectivity index (χ3n) is 9.96. The molecule has 0 radical (unpaired) electrons. The lowest BCUT2D eigenvalue weighted by Gasteiger charge is -2.44. The molecule has 0 fully saturated rings. The predicted molar refractivity (Wildman–Crippen MR) is 210 cm³/mol. The number of hydrogen-bond acceptors (Lipinski definition) is 6. The highest BCUT2D eigenvalue weighted by Gasteiger charge is 2.29. The highest BCUT2D eigenvalue weighted by molar-refractivity contribution is 5.78. The highest BCUT2D eigenvalue weighted by atomic mass is 16.4. The fraction of sp³-hybridized carbons (Fsp3) is 0.106. The van der Waals surface area contributed by atoms with E-state index in [1.165, 1.54) is 22.5 Å². The van der Waals surface area contributed by atoms with E-state index in [4.69, 9.17) is 8.83 Å². The maximum Gasteiger partial charge on any atom is 0.227 e. The maximum absolute atomic E-state index is 5.98. The van der Waals surface area contributed by atoms with Gasteiger partial charge < -0.3 is 18.6 Å². The molecule has 0 spiro atoms. The van der Waals surface area contributed by atoms with Crippen LogP contribution in [0.4, 0.5) is 11.4 Å². The number of hydrogen-bond donors (Lipinski definition) is 0. The van der Waals surface area contributed by atoms with Crippen LogP contribution in [0.5, 0.6) is 0 Å². The lowest BCUT2D eigenvalue weighted by atomic mass is 9.98. The number of nitrogens with zero attached hydrogens (tertiary/aromatic N) is 4. The van der Waals surface area contributed by atoms with E-state index in [2.05, 4.69) is 93.7 Å². The SMILES string of the molecule is Cc1ccc2oc(-c3ccc(C#Cc4ccc5c(c4)CN4CN5Cc5cc(C#Cc6ccc(-c7nc8cc(C)ccc8o7)cc6)ccc54)cc3)nc2c1. The molecule has 53 heavy (non-hydrogen) atoms. The molecular formula is C47H32N4O2. The van der Waals surface area contributed by atoms with Crippen LogP contribution in [0, 0.1) is 37.5 Å². The van der Waals surface area contributed by atoms with E-state index >= 15 is 0 Å². The summed E-state index contributed by atoms with van der Waals surface area (Å²) in [6.45, 7) is 6.66. The van der Waals surface area contributed by atoms with E-state index in [0.717, 1.165) is 86.5 Å². The molecule has 2 aliphatic rings. The van der Waals surface area contributed by atoms with Gasteiger partial charge in [-0.15, -0.1) is 0 Å². The summed E-state index contributed by atoms with van der Waals surface area (Å²) >= 11 is 0. The second-order valence-corrected chi connectivity index (χ2v) is 13.9. The molecule has 2 aliphatic heterocycles. The molecule has 6 heteroatoms. The first-order valence-corrected chi connectivity index (χ1v) is 17.7. The number of benzene rings is 6. The lowest BCUT2D eigenvalue weighted by molar-refractivity contribution is 0.619. The number of aryl methyl sites for hydroxylation is 2. The summed E-state index contributed by atoms with van der Waals surface area (Å²) in [5.74, 6) is 14.7. The number of aromatic nitrogens is 2. The van der Waals surface area contributed by atoms with Gasteiger partial charge in [-0.05, 0) is 145 Å². The first-order chi connectivity index (χ1) is 26.0. The molecule has 6 aromatic carbocycles. The van der Waals surface area contributed by atoms with Crippen LogP contribution in [-0.4, -0.2) is 16.6 Å². The second kappa shape index (κ2) is 12.3. The number of fused-ring (bicyclic) bond motifs is 8. The van der Waals surface area contributed by atoms with Crippen molar-refractivity contribution in [1.29, 1.82) is 0 Å². The summed E-state index contributed by atoms with van der Waals surface area (Å²) in [5, 5.41) is 0. The summed E-state index contributed by atoms with van der Waals surface area (Å²) < 4.78 is 12.0. The summed E-state index contributed by atoms with van der Waals surface area (Å²) in [6.07, 6.45) is 0. The van der Waals surface area contributed by atoms with Crippen LogP contribution >= 0.6 is 0 Å². The molecule has 4 heterocycles. The van der Waals surface area contributed by atoms with Crippen molar-refractivity contribution in [2.45, 2.75) is 26.9 Å². The van der Waals surface area contributed by atoms with E-state index in [9.17, 15) is 0 Å². The number of anilines is 2. The van der Waals surface area contributed by atoms with Crippen LogP contribution in [-0.2, 0) is 13.1 Å². The van der Waals surface area contributed by atoms with Gasteiger partial charge in [0, 0.05) is 57.8 Å². The van der Waals surface area contributed by atoms with Crippen LogP contribution in [0.2, 0.25) is 0 Å². The normalized spacial score (nSPS) is 12.9. The maximum atomic E-state index is 5.98. The molecule has 0 unspecified atom stereocenters. The van der Waals surface area contributed by atoms with Gasteiger partial charge in [0.05, 0.1) is 6.67 Å². The highest BCUT2D eigenvalue weighted by Crippen LogP contribution is 2.38. The van der Waals surface area contributed by atoms with E-state index < -0.39 is 0 Å². The molecule has 0 saturated heterocycles. The minimum atomic E-state index is 0.621. The van der Waals surface area contributed by atoms with E-state index in [0.29, 0.717) is 11.8 Å². The van der Waals surface area contributed by atoms with Crippen molar-refractivity contribution in [3.63, 3.8) is 0 Å². The zero-order valence-electron chi connectivity index (χ0n) is 29.3. The molecule has 0 atom stereocenters. The summed E-state index contributed by atoms with van der Waals surface area (Å²) in [4.78, 5) is 14.2. The summed E-state index contributed by atoms with van der Waals surface area (Å²) in [6, 6.07) is 41.4. The number of oxazole rings is 2. The van der Waals surface area contributed by atoms with Crippen molar-refractivity contribution < 1.29 is 8.83 Å². The molecular weight excluding hydrogens is 653 g/mol. The largest absolute Gasteiger partial charge is 0.436 e. The van der Waals surface area contributed by atoms with Crippen LogP contribution in [0.15, 0.2) is 130 Å². The molecule has 6 nitrogen and oxygen atoms in total. The Morgan fingerprint density at radius 3 is 1.34 bits per heavy atom. The van der Waals surface area contributed by atoms with E-state index in [1.54, 1.807) is 0 Å². The Balaban J connectivity index is 0.827. The Kier molecular flexibility index (Phi) is 7.16. The van der Waals surface area contributed by atoms with Gasteiger partial charge >= 0.3 is 0 Å². The third-order valence-corrected chi connectivity index (χ3v) is 9.96. The standard InChI is InChI=1S/C47H32N4O2/c1-30-3-21-44-40(23-30)48-46(52-44)36-15-9-32(10-16-36)5-7-34-13-19-42-38(25-34)27-50-29-51(42)28-39-26-35(14-20-43(39)50)8-6-33-11-17-37(18-12-33)47-49-41-24-31(2)4-22-45(41)53-47/h3-4,9-26H,27-29H2,1-2H3. The lowest BCUT2D eigenvalue weighted by Crippen LogP contribution is -2.46. The Bertz CT molecular complexity index is 2660. The minimum Gasteiger partial charge on any atom is -0.436 e. The molecule has 0 amide bonds. The van der Waals surface area contributed by atoms with E-state index in [1.807, 2.05) is 84.9 Å². The average Bonchev–Trinajstić information content (AvgIpc) is 3.80. The summed E-state index contributed by atoms with van der Waals surface area (Å²) in [5.41, 5.74) is 16.5.